The molecule has 3 aromatic heterocycles. The lowest BCUT2D eigenvalue weighted by atomic mass is 10.0. The average Bonchev–Trinajstić information content (AvgIpc) is 3.18. The van der Waals surface area contributed by atoms with E-state index in [-0.39, 0.29) is 12.2 Å². The van der Waals surface area contributed by atoms with E-state index in [0.717, 1.165) is 0 Å². The van der Waals surface area contributed by atoms with E-state index in [1.807, 2.05) is 0 Å². The number of primary amides is 1. The van der Waals surface area contributed by atoms with Crippen molar-refractivity contribution in [3.8, 4) is 5.82 Å². The fourth-order valence-corrected chi connectivity index (χ4v) is 2.51. The van der Waals surface area contributed by atoms with E-state index >= 15 is 0 Å². The van der Waals surface area contributed by atoms with Crippen LogP contribution in [-0.4, -0.2) is 43.2 Å². The maximum atomic E-state index is 12.7. The van der Waals surface area contributed by atoms with Gasteiger partial charge in [0.2, 0.25) is 11.6 Å². The molecule has 27 heavy (non-hydrogen) atoms. The zero-order valence-electron chi connectivity index (χ0n) is 14.1. The van der Waals surface area contributed by atoms with Crippen LogP contribution in [0, 0.1) is 0 Å². The van der Waals surface area contributed by atoms with Crippen LogP contribution in [0.15, 0.2) is 61.3 Å². The molecule has 1 atom stereocenters. The first-order valence-electron chi connectivity index (χ1n) is 8.04. The van der Waals surface area contributed by atoms with Crippen LogP contribution in [0.5, 0.6) is 0 Å². The van der Waals surface area contributed by atoms with Crippen LogP contribution < -0.4 is 11.1 Å². The number of aromatic nitrogens is 4. The van der Waals surface area contributed by atoms with Crippen molar-refractivity contribution >= 4 is 17.6 Å². The summed E-state index contributed by atoms with van der Waals surface area (Å²) >= 11 is 0. The Morgan fingerprint density at radius 1 is 1.07 bits per heavy atom. The Kier molecular flexibility index (Phi) is 5.31. The number of carbonyl (C=O) groups excluding carboxylic acids is 3. The topological polar surface area (TPSA) is 133 Å². The molecule has 3 aromatic rings. The molecule has 3 rings (SSSR count). The summed E-state index contributed by atoms with van der Waals surface area (Å²) in [5, 5.41) is 2.53. The molecule has 9 heteroatoms. The van der Waals surface area contributed by atoms with Crippen LogP contribution in [0.25, 0.3) is 5.82 Å². The molecule has 0 bridgehead atoms. The second-order valence-electron chi connectivity index (χ2n) is 5.63. The molecule has 0 aromatic carbocycles. The summed E-state index contributed by atoms with van der Waals surface area (Å²) in [4.78, 5) is 48.4. The Balaban J connectivity index is 1.84. The Bertz CT molecular complexity index is 955. The van der Waals surface area contributed by atoms with E-state index < -0.39 is 23.6 Å². The molecule has 0 aliphatic heterocycles. The molecule has 3 N–H and O–H groups in total. The normalized spacial score (nSPS) is 11.6. The number of nitrogens with two attached hydrogens (primary N) is 1. The highest BCUT2D eigenvalue weighted by Crippen LogP contribution is 2.09. The number of carbonyl (C=O) groups is 3. The number of nitrogens with one attached hydrogen (secondary N) is 1. The fraction of sp³-hybridized carbons (Fsp3) is 0.111. The Morgan fingerprint density at radius 2 is 1.93 bits per heavy atom. The predicted octanol–water partition coefficient (Wildman–Crippen LogP) is 0.0578. The highest BCUT2D eigenvalue weighted by Gasteiger charge is 2.27. The first-order chi connectivity index (χ1) is 13.1. The Morgan fingerprint density at radius 3 is 2.59 bits per heavy atom. The van der Waals surface area contributed by atoms with E-state index in [1.165, 1.54) is 10.8 Å². The van der Waals surface area contributed by atoms with Gasteiger partial charge >= 0.3 is 0 Å². The minimum atomic E-state index is -1.13. The van der Waals surface area contributed by atoms with E-state index in [4.69, 9.17) is 5.73 Å². The molecule has 3 heterocycles. The van der Waals surface area contributed by atoms with Gasteiger partial charge in [-0.05, 0) is 23.8 Å². The van der Waals surface area contributed by atoms with Gasteiger partial charge in [-0.3, -0.25) is 23.9 Å². The standard InChI is InChI=1S/C18H16N6O3/c19-16(26)15(25)13(10-12-4-3-6-20-11-12)23-18(27)17-22-8-9-24(17)14-5-1-2-7-21-14/h1-9,11,13H,10H2,(H2,19,26)(H,23,27). The second-order valence-corrected chi connectivity index (χ2v) is 5.63. The van der Waals surface area contributed by atoms with Crippen LogP contribution in [0.2, 0.25) is 0 Å². The number of rotatable bonds is 7. The number of hydrogen-bond donors (Lipinski definition) is 2. The van der Waals surface area contributed by atoms with Gasteiger partial charge in [0.1, 0.15) is 11.9 Å². The average molecular weight is 364 g/mol. The van der Waals surface area contributed by atoms with Gasteiger partial charge in [0, 0.05) is 37.4 Å². The summed E-state index contributed by atoms with van der Waals surface area (Å²) in [5.74, 6) is -2.14. The number of pyridine rings is 2. The van der Waals surface area contributed by atoms with Crippen molar-refractivity contribution in [2.75, 3.05) is 0 Å². The molecule has 0 saturated carbocycles. The largest absolute Gasteiger partial charge is 0.363 e. The van der Waals surface area contributed by atoms with Crippen molar-refractivity contribution in [2.45, 2.75) is 12.5 Å². The molecular weight excluding hydrogens is 348 g/mol. The van der Waals surface area contributed by atoms with Gasteiger partial charge in [0.05, 0.1) is 0 Å². The molecule has 0 aliphatic carbocycles. The first-order valence-corrected chi connectivity index (χ1v) is 8.04. The third-order valence-electron chi connectivity index (χ3n) is 3.77. The number of Topliss-reactive ketones (excluding diaryl/α,β-unsaturated/α-hetero) is 1. The van der Waals surface area contributed by atoms with Crippen molar-refractivity contribution in [2.24, 2.45) is 5.73 Å². The summed E-state index contributed by atoms with van der Waals surface area (Å²) in [6.07, 6.45) is 7.79. The number of nitrogens with zero attached hydrogens (tertiary/aromatic N) is 4. The van der Waals surface area contributed by atoms with Gasteiger partial charge in [-0.15, -0.1) is 0 Å². The molecule has 1 unspecified atom stereocenters. The van der Waals surface area contributed by atoms with Gasteiger partial charge in [0.25, 0.3) is 11.8 Å². The SMILES string of the molecule is NC(=O)C(=O)C(Cc1cccnc1)NC(=O)c1nccn1-c1ccccn1. The summed E-state index contributed by atoms with van der Waals surface area (Å²) in [7, 11) is 0. The van der Waals surface area contributed by atoms with Crippen LogP contribution >= 0.6 is 0 Å². The zero-order chi connectivity index (χ0) is 19.2. The lowest BCUT2D eigenvalue weighted by molar-refractivity contribution is -0.137. The van der Waals surface area contributed by atoms with Crippen molar-refractivity contribution < 1.29 is 14.4 Å². The molecule has 0 spiro atoms. The zero-order valence-corrected chi connectivity index (χ0v) is 14.1. The summed E-state index contributed by atoms with van der Waals surface area (Å²) in [6, 6.07) is 7.52. The lowest BCUT2D eigenvalue weighted by Crippen LogP contribution is -2.47. The third-order valence-corrected chi connectivity index (χ3v) is 3.77. The quantitative estimate of drug-likeness (QED) is 0.570. The molecule has 136 valence electrons. The maximum absolute atomic E-state index is 12.7. The second kappa shape index (κ2) is 8.00. The number of imidazole rings is 1. The van der Waals surface area contributed by atoms with Crippen molar-refractivity contribution in [1.29, 1.82) is 0 Å². The van der Waals surface area contributed by atoms with Gasteiger partial charge in [-0.2, -0.15) is 0 Å². The van der Waals surface area contributed by atoms with Gasteiger partial charge in [-0.1, -0.05) is 12.1 Å². The summed E-state index contributed by atoms with van der Waals surface area (Å²) in [5.41, 5.74) is 5.79. The minimum Gasteiger partial charge on any atom is -0.363 e. The van der Waals surface area contributed by atoms with Gasteiger partial charge in [0.15, 0.2) is 0 Å². The molecule has 9 nitrogen and oxygen atoms in total. The monoisotopic (exact) mass is 364 g/mol. The van der Waals surface area contributed by atoms with Gasteiger partial charge < -0.3 is 11.1 Å². The summed E-state index contributed by atoms with van der Waals surface area (Å²) < 4.78 is 1.48. The van der Waals surface area contributed by atoms with Crippen molar-refractivity contribution in [3.63, 3.8) is 0 Å². The van der Waals surface area contributed by atoms with Crippen LogP contribution in [0.1, 0.15) is 16.2 Å². The minimum absolute atomic E-state index is 0.0298. The molecule has 2 amide bonds. The number of hydrogen-bond acceptors (Lipinski definition) is 6. The Hall–Kier alpha value is -3.88. The van der Waals surface area contributed by atoms with Gasteiger partial charge in [-0.25, -0.2) is 9.97 Å². The van der Waals surface area contributed by atoms with E-state index in [0.29, 0.717) is 11.4 Å². The maximum Gasteiger partial charge on any atom is 0.288 e. The molecule has 0 radical (unpaired) electrons. The third kappa shape index (κ3) is 4.21. The van der Waals surface area contributed by atoms with E-state index in [1.54, 1.807) is 55.1 Å². The summed E-state index contributed by atoms with van der Waals surface area (Å²) in [6.45, 7) is 0. The van der Waals surface area contributed by atoms with Crippen LogP contribution in [0.4, 0.5) is 0 Å². The molecule has 0 saturated heterocycles. The van der Waals surface area contributed by atoms with E-state index in [2.05, 4.69) is 20.3 Å². The van der Waals surface area contributed by atoms with Crippen LogP contribution in [0.3, 0.4) is 0 Å². The highest BCUT2D eigenvalue weighted by atomic mass is 16.2. The molecule has 0 fully saturated rings. The smallest absolute Gasteiger partial charge is 0.288 e. The van der Waals surface area contributed by atoms with Crippen LogP contribution in [-0.2, 0) is 16.0 Å². The Labute approximate surface area is 154 Å². The predicted molar refractivity (Wildman–Crippen MR) is 94.8 cm³/mol. The molecule has 0 aliphatic rings. The highest BCUT2D eigenvalue weighted by molar-refractivity contribution is 6.38. The lowest BCUT2D eigenvalue weighted by Gasteiger charge is -2.16. The number of amides is 2. The van der Waals surface area contributed by atoms with Crippen molar-refractivity contribution in [1.82, 2.24) is 24.8 Å². The number of ketones is 1. The fourth-order valence-electron chi connectivity index (χ4n) is 2.51. The van der Waals surface area contributed by atoms with Crippen molar-refractivity contribution in [3.05, 3.63) is 72.7 Å². The van der Waals surface area contributed by atoms with E-state index in [9.17, 15) is 14.4 Å². The molecular formula is C18H16N6O3. The first kappa shape index (κ1) is 17.9.